The molecule has 6 nitrogen and oxygen atoms in total. The predicted molar refractivity (Wildman–Crippen MR) is 82.3 cm³/mol. The van der Waals surface area contributed by atoms with E-state index in [1.807, 2.05) is 27.9 Å². The summed E-state index contributed by atoms with van der Waals surface area (Å²) in [6, 6.07) is 3.15. The smallest absolute Gasteiger partial charge is 0.270 e. The highest BCUT2D eigenvalue weighted by atomic mass is 16.2. The van der Waals surface area contributed by atoms with Crippen molar-refractivity contribution in [2.24, 2.45) is 0 Å². The maximum atomic E-state index is 12.0. The summed E-state index contributed by atoms with van der Waals surface area (Å²) in [5.41, 5.74) is 0.702. The molecule has 0 aromatic carbocycles. The molecule has 2 amide bonds. The van der Waals surface area contributed by atoms with Crippen LogP contribution < -0.4 is 10.6 Å². The van der Waals surface area contributed by atoms with Gasteiger partial charge in [-0.1, -0.05) is 0 Å². The Kier molecular flexibility index (Phi) is 6.81. The fourth-order valence-corrected chi connectivity index (χ4v) is 1.73. The molecule has 0 aliphatic heterocycles. The number of amides is 2. The lowest BCUT2D eigenvalue weighted by molar-refractivity contribution is 0.0938. The van der Waals surface area contributed by atoms with Crippen molar-refractivity contribution in [2.75, 3.05) is 27.2 Å². The Morgan fingerprint density at radius 1 is 1.29 bits per heavy atom. The molecule has 1 aromatic rings. The fourth-order valence-electron chi connectivity index (χ4n) is 1.73. The SMILES string of the molecule is CC(C)NC(=O)c1cc(C(=O)NCCCN(C)C)ccn1. The quantitative estimate of drug-likeness (QED) is 0.732. The molecule has 1 heterocycles. The number of aromatic nitrogens is 1. The first-order valence-electron chi connectivity index (χ1n) is 7.10. The molecular formula is C15H24N4O2. The van der Waals surface area contributed by atoms with Crippen LogP contribution >= 0.6 is 0 Å². The van der Waals surface area contributed by atoms with Crippen molar-refractivity contribution in [3.63, 3.8) is 0 Å². The van der Waals surface area contributed by atoms with Gasteiger partial charge in [0.2, 0.25) is 0 Å². The molecule has 21 heavy (non-hydrogen) atoms. The molecule has 0 saturated carbocycles. The summed E-state index contributed by atoms with van der Waals surface area (Å²) in [6.45, 7) is 5.27. The lowest BCUT2D eigenvalue weighted by Gasteiger charge is -2.10. The van der Waals surface area contributed by atoms with Crippen molar-refractivity contribution in [1.82, 2.24) is 20.5 Å². The maximum absolute atomic E-state index is 12.0. The van der Waals surface area contributed by atoms with E-state index in [1.54, 1.807) is 6.07 Å². The van der Waals surface area contributed by atoms with Crippen LogP contribution in [0.1, 0.15) is 41.1 Å². The van der Waals surface area contributed by atoms with Crippen molar-refractivity contribution >= 4 is 11.8 Å². The second-order valence-electron chi connectivity index (χ2n) is 5.47. The van der Waals surface area contributed by atoms with Gasteiger partial charge in [0.05, 0.1) is 0 Å². The summed E-state index contributed by atoms with van der Waals surface area (Å²) in [6.07, 6.45) is 2.36. The van der Waals surface area contributed by atoms with E-state index in [1.165, 1.54) is 12.3 Å². The monoisotopic (exact) mass is 292 g/mol. The number of hydrogen-bond acceptors (Lipinski definition) is 4. The zero-order chi connectivity index (χ0) is 15.8. The van der Waals surface area contributed by atoms with E-state index in [9.17, 15) is 9.59 Å². The van der Waals surface area contributed by atoms with Gasteiger partial charge in [0, 0.05) is 24.3 Å². The van der Waals surface area contributed by atoms with Crippen molar-refractivity contribution < 1.29 is 9.59 Å². The maximum Gasteiger partial charge on any atom is 0.270 e. The molecule has 0 atom stereocenters. The number of carbonyl (C=O) groups excluding carboxylic acids is 2. The zero-order valence-electron chi connectivity index (χ0n) is 13.1. The summed E-state index contributed by atoms with van der Waals surface area (Å²) in [5, 5.41) is 5.59. The largest absolute Gasteiger partial charge is 0.352 e. The average molecular weight is 292 g/mol. The van der Waals surface area contributed by atoms with E-state index < -0.39 is 0 Å². The lowest BCUT2D eigenvalue weighted by atomic mass is 10.2. The Morgan fingerprint density at radius 3 is 2.62 bits per heavy atom. The summed E-state index contributed by atoms with van der Waals surface area (Å²) in [7, 11) is 3.98. The third-order valence-corrected chi connectivity index (χ3v) is 2.74. The topological polar surface area (TPSA) is 74.3 Å². The highest BCUT2D eigenvalue weighted by Gasteiger charge is 2.12. The van der Waals surface area contributed by atoms with E-state index in [0.29, 0.717) is 12.1 Å². The summed E-state index contributed by atoms with van der Waals surface area (Å²) >= 11 is 0. The molecule has 0 spiro atoms. The van der Waals surface area contributed by atoms with Crippen LogP contribution in [0.25, 0.3) is 0 Å². The molecule has 0 radical (unpaired) electrons. The van der Waals surface area contributed by atoms with Crippen LogP contribution in [0, 0.1) is 0 Å². The number of carbonyl (C=O) groups is 2. The molecule has 2 N–H and O–H groups in total. The van der Waals surface area contributed by atoms with Gasteiger partial charge < -0.3 is 15.5 Å². The Bertz CT molecular complexity index is 486. The van der Waals surface area contributed by atoms with Crippen molar-refractivity contribution in [1.29, 1.82) is 0 Å². The van der Waals surface area contributed by atoms with Crippen LogP contribution in [0.5, 0.6) is 0 Å². The molecule has 6 heteroatoms. The van der Waals surface area contributed by atoms with Crippen molar-refractivity contribution in [3.8, 4) is 0 Å². The van der Waals surface area contributed by atoms with Crippen molar-refractivity contribution in [2.45, 2.75) is 26.3 Å². The molecule has 0 bridgehead atoms. The Morgan fingerprint density at radius 2 is 2.00 bits per heavy atom. The van der Waals surface area contributed by atoms with Crippen molar-refractivity contribution in [3.05, 3.63) is 29.6 Å². The summed E-state index contributed by atoms with van der Waals surface area (Å²) in [4.78, 5) is 29.9. The van der Waals surface area contributed by atoms with Gasteiger partial charge in [-0.3, -0.25) is 14.6 Å². The third kappa shape index (κ3) is 6.35. The average Bonchev–Trinajstić information content (AvgIpc) is 2.42. The number of rotatable bonds is 7. The zero-order valence-corrected chi connectivity index (χ0v) is 13.1. The van der Waals surface area contributed by atoms with E-state index in [0.717, 1.165) is 13.0 Å². The number of pyridine rings is 1. The van der Waals surface area contributed by atoms with Crippen LogP contribution in [-0.2, 0) is 0 Å². The van der Waals surface area contributed by atoms with Gasteiger partial charge in [-0.2, -0.15) is 0 Å². The Balaban J connectivity index is 2.58. The van der Waals surface area contributed by atoms with Gasteiger partial charge >= 0.3 is 0 Å². The molecule has 0 aliphatic carbocycles. The highest BCUT2D eigenvalue weighted by Crippen LogP contribution is 2.02. The summed E-state index contributed by atoms with van der Waals surface area (Å²) in [5.74, 6) is -0.456. The molecule has 1 rings (SSSR count). The van der Waals surface area contributed by atoms with Gasteiger partial charge in [0.15, 0.2) is 0 Å². The molecule has 0 unspecified atom stereocenters. The minimum Gasteiger partial charge on any atom is -0.352 e. The number of nitrogens with one attached hydrogen (secondary N) is 2. The molecule has 116 valence electrons. The first kappa shape index (κ1) is 17.1. The van der Waals surface area contributed by atoms with E-state index in [-0.39, 0.29) is 23.6 Å². The number of nitrogens with zero attached hydrogens (tertiary/aromatic N) is 2. The standard InChI is InChI=1S/C15H24N4O2/c1-11(2)18-15(21)13-10-12(6-8-16-13)14(20)17-7-5-9-19(3)4/h6,8,10-11H,5,7,9H2,1-4H3,(H,17,20)(H,18,21). The van der Waals surface area contributed by atoms with Crippen LogP contribution in [0.15, 0.2) is 18.3 Å². The van der Waals surface area contributed by atoms with Crippen LogP contribution in [0.4, 0.5) is 0 Å². The summed E-state index contributed by atoms with van der Waals surface area (Å²) < 4.78 is 0. The predicted octanol–water partition coefficient (Wildman–Crippen LogP) is 0.901. The second kappa shape index (κ2) is 8.36. The first-order valence-corrected chi connectivity index (χ1v) is 7.10. The molecule has 1 aromatic heterocycles. The molecule has 0 fully saturated rings. The fraction of sp³-hybridized carbons (Fsp3) is 0.533. The number of hydrogen-bond donors (Lipinski definition) is 2. The Hall–Kier alpha value is -1.95. The van der Waals surface area contributed by atoms with Crippen LogP contribution in [0.3, 0.4) is 0 Å². The molecular weight excluding hydrogens is 268 g/mol. The Labute approximate surface area is 125 Å². The van der Waals surface area contributed by atoms with Gasteiger partial charge in [-0.05, 0) is 53.0 Å². The minimum absolute atomic E-state index is 0.0304. The van der Waals surface area contributed by atoms with Crippen LogP contribution in [0.2, 0.25) is 0 Å². The minimum atomic E-state index is -0.271. The molecule has 0 aliphatic rings. The van der Waals surface area contributed by atoms with Gasteiger partial charge in [0.25, 0.3) is 11.8 Å². The normalized spacial score (nSPS) is 10.8. The first-order chi connectivity index (χ1) is 9.90. The van der Waals surface area contributed by atoms with E-state index >= 15 is 0 Å². The second-order valence-corrected chi connectivity index (χ2v) is 5.47. The van der Waals surface area contributed by atoms with E-state index in [4.69, 9.17) is 0 Å². The molecule has 0 saturated heterocycles. The van der Waals surface area contributed by atoms with E-state index in [2.05, 4.69) is 20.5 Å². The van der Waals surface area contributed by atoms with Gasteiger partial charge in [0.1, 0.15) is 5.69 Å². The van der Waals surface area contributed by atoms with Crippen LogP contribution in [-0.4, -0.2) is 54.9 Å². The lowest BCUT2D eigenvalue weighted by Crippen LogP contribution is -2.31. The van der Waals surface area contributed by atoms with Gasteiger partial charge in [-0.25, -0.2) is 0 Å². The van der Waals surface area contributed by atoms with Gasteiger partial charge in [-0.15, -0.1) is 0 Å². The highest BCUT2D eigenvalue weighted by molar-refractivity contribution is 5.98. The third-order valence-electron chi connectivity index (χ3n) is 2.74.